The van der Waals surface area contributed by atoms with Crippen LogP contribution < -0.4 is 5.32 Å². The number of aliphatic imine (C=N–C) groups is 1. The van der Waals surface area contributed by atoms with Crippen LogP contribution in [0.1, 0.15) is 24.5 Å². The van der Waals surface area contributed by atoms with Crippen LogP contribution in [0.4, 0.5) is 0 Å². The van der Waals surface area contributed by atoms with Crippen molar-refractivity contribution in [3.05, 3.63) is 65.2 Å². The zero-order valence-electron chi connectivity index (χ0n) is 13.9. The number of benzene rings is 2. The molecule has 0 bridgehead atoms. The smallest absolute Gasteiger partial charge is 0.124 e. The molecular formula is C20H24N2O2. The summed E-state index contributed by atoms with van der Waals surface area (Å²) < 4.78 is 0. The van der Waals surface area contributed by atoms with Crippen molar-refractivity contribution in [2.45, 2.75) is 13.3 Å². The Balaban J connectivity index is 1.66. The number of aromatic hydroxyl groups is 2. The summed E-state index contributed by atoms with van der Waals surface area (Å²) in [6.07, 6.45) is 4.62. The molecule has 2 aromatic rings. The molecule has 0 fully saturated rings. The van der Waals surface area contributed by atoms with Gasteiger partial charge in [0, 0.05) is 23.9 Å². The van der Waals surface area contributed by atoms with Gasteiger partial charge in [-0.05, 0) is 38.1 Å². The summed E-state index contributed by atoms with van der Waals surface area (Å²) in [5.41, 5.74) is 2.79. The van der Waals surface area contributed by atoms with Gasteiger partial charge in [-0.15, -0.1) is 0 Å². The Hall–Kier alpha value is -2.59. The van der Waals surface area contributed by atoms with Gasteiger partial charge < -0.3 is 15.5 Å². The number of phenols is 2. The predicted octanol–water partition coefficient (Wildman–Crippen LogP) is 3.60. The van der Waals surface area contributed by atoms with Crippen molar-refractivity contribution < 1.29 is 10.2 Å². The Labute approximate surface area is 143 Å². The van der Waals surface area contributed by atoms with Crippen molar-refractivity contribution >= 4 is 12.3 Å². The highest BCUT2D eigenvalue weighted by atomic mass is 16.3. The summed E-state index contributed by atoms with van der Waals surface area (Å²) in [6, 6.07) is 14.5. The Kier molecular flexibility index (Phi) is 7.05. The highest BCUT2D eigenvalue weighted by molar-refractivity contribution is 5.83. The Morgan fingerprint density at radius 3 is 2.25 bits per heavy atom. The van der Waals surface area contributed by atoms with Crippen molar-refractivity contribution in [1.82, 2.24) is 5.32 Å². The maximum atomic E-state index is 9.75. The number of para-hydroxylation sites is 2. The summed E-state index contributed by atoms with van der Waals surface area (Å²) in [7, 11) is 0. The lowest BCUT2D eigenvalue weighted by molar-refractivity contribution is 0.473. The van der Waals surface area contributed by atoms with Gasteiger partial charge in [-0.3, -0.25) is 4.99 Å². The fourth-order valence-corrected chi connectivity index (χ4v) is 2.26. The molecule has 126 valence electrons. The molecular weight excluding hydrogens is 300 g/mol. The Morgan fingerprint density at radius 2 is 1.58 bits per heavy atom. The topological polar surface area (TPSA) is 64.8 Å². The molecule has 0 atom stereocenters. The van der Waals surface area contributed by atoms with E-state index in [4.69, 9.17) is 0 Å². The quantitative estimate of drug-likeness (QED) is 0.513. The molecule has 0 aliphatic carbocycles. The van der Waals surface area contributed by atoms with Crippen LogP contribution in [0.3, 0.4) is 0 Å². The number of nitrogens with zero attached hydrogens (tertiary/aromatic N) is 1. The second-order valence-electron chi connectivity index (χ2n) is 5.64. The second-order valence-corrected chi connectivity index (χ2v) is 5.64. The lowest BCUT2D eigenvalue weighted by Gasteiger charge is -2.05. The number of rotatable bonds is 8. The van der Waals surface area contributed by atoms with Gasteiger partial charge in [-0.1, -0.05) is 42.0 Å². The minimum Gasteiger partial charge on any atom is -0.507 e. The molecule has 0 unspecified atom stereocenters. The molecule has 0 spiro atoms. The number of phenolic OH excluding ortho intramolecular Hbond substituents is 2. The summed E-state index contributed by atoms with van der Waals surface area (Å²) in [5, 5.41) is 22.7. The first-order valence-corrected chi connectivity index (χ1v) is 8.10. The maximum Gasteiger partial charge on any atom is 0.124 e. The van der Waals surface area contributed by atoms with Gasteiger partial charge in [0.05, 0.1) is 6.54 Å². The molecule has 0 aliphatic heterocycles. The SMILES string of the molecule is C/C(=C\c1ccccc1O)CCNCCN=Cc1ccccc1O. The Bertz CT molecular complexity index is 708. The van der Waals surface area contributed by atoms with Crippen LogP contribution in [0.25, 0.3) is 6.08 Å². The summed E-state index contributed by atoms with van der Waals surface area (Å²) in [6.45, 7) is 4.37. The van der Waals surface area contributed by atoms with Gasteiger partial charge in [-0.25, -0.2) is 0 Å². The number of hydrogen-bond donors (Lipinski definition) is 3. The highest BCUT2D eigenvalue weighted by Crippen LogP contribution is 2.19. The molecule has 0 aromatic heterocycles. The van der Waals surface area contributed by atoms with Crippen LogP contribution in [0.5, 0.6) is 11.5 Å². The maximum absolute atomic E-state index is 9.75. The van der Waals surface area contributed by atoms with E-state index >= 15 is 0 Å². The molecule has 3 N–H and O–H groups in total. The average Bonchev–Trinajstić information content (AvgIpc) is 2.57. The van der Waals surface area contributed by atoms with Gasteiger partial charge in [0.25, 0.3) is 0 Å². The molecule has 0 radical (unpaired) electrons. The first-order valence-electron chi connectivity index (χ1n) is 8.10. The van der Waals surface area contributed by atoms with Crippen LogP contribution in [-0.4, -0.2) is 36.1 Å². The molecule has 4 heteroatoms. The normalized spacial score (nSPS) is 12.0. The van der Waals surface area contributed by atoms with Gasteiger partial charge in [0.1, 0.15) is 11.5 Å². The first-order chi connectivity index (χ1) is 11.7. The second kappa shape index (κ2) is 9.53. The molecule has 4 nitrogen and oxygen atoms in total. The molecule has 0 amide bonds. The van der Waals surface area contributed by atoms with Crippen LogP contribution in [0.2, 0.25) is 0 Å². The van der Waals surface area contributed by atoms with Gasteiger partial charge in [0.15, 0.2) is 0 Å². The van der Waals surface area contributed by atoms with Gasteiger partial charge >= 0.3 is 0 Å². The van der Waals surface area contributed by atoms with Gasteiger partial charge in [-0.2, -0.15) is 0 Å². The fraction of sp³-hybridized carbons (Fsp3) is 0.250. The van der Waals surface area contributed by atoms with E-state index in [1.807, 2.05) is 36.4 Å². The van der Waals surface area contributed by atoms with Crippen molar-refractivity contribution in [3.8, 4) is 11.5 Å². The summed E-state index contributed by atoms with van der Waals surface area (Å²) >= 11 is 0. The minimum atomic E-state index is 0.249. The van der Waals surface area contributed by atoms with Crippen molar-refractivity contribution in [3.63, 3.8) is 0 Å². The monoisotopic (exact) mass is 324 g/mol. The van der Waals surface area contributed by atoms with Crippen LogP contribution in [0, 0.1) is 0 Å². The average molecular weight is 324 g/mol. The van der Waals surface area contributed by atoms with E-state index in [2.05, 4.69) is 17.2 Å². The van der Waals surface area contributed by atoms with Crippen LogP contribution in [0.15, 0.2) is 59.1 Å². The van der Waals surface area contributed by atoms with E-state index in [1.54, 1.807) is 24.4 Å². The molecule has 2 rings (SSSR count). The van der Waals surface area contributed by atoms with Crippen molar-refractivity contribution in [1.29, 1.82) is 0 Å². The van der Waals surface area contributed by atoms with E-state index in [0.29, 0.717) is 12.3 Å². The van der Waals surface area contributed by atoms with Crippen LogP contribution in [-0.2, 0) is 0 Å². The third kappa shape index (κ3) is 5.89. The highest BCUT2D eigenvalue weighted by Gasteiger charge is 1.97. The molecule has 0 saturated heterocycles. The molecule has 2 aromatic carbocycles. The van der Waals surface area contributed by atoms with E-state index < -0.39 is 0 Å². The van der Waals surface area contributed by atoms with E-state index in [1.165, 1.54) is 5.57 Å². The zero-order chi connectivity index (χ0) is 17.2. The lowest BCUT2D eigenvalue weighted by atomic mass is 10.1. The third-order valence-corrected chi connectivity index (χ3v) is 3.62. The summed E-state index contributed by atoms with van der Waals surface area (Å²) in [4.78, 5) is 4.30. The molecule has 0 heterocycles. The number of hydrogen-bond acceptors (Lipinski definition) is 4. The standard InChI is InChI=1S/C20H24N2O2/c1-16(14-17-6-2-4-8-19(17)23)10-11-21-12-13-22-15-18-7-3-5-9-20(18)24/h2-9,14-15,21,23-24H,10-13H2,1H3/b16-14+,22-15?. The molecule has 0 aliphatic rings. The van der Waals surface area contributed by atoms with Gasteiger partial charge in [0.2, 0.25) is 0 Å². The summed E-state index contributed by atoms with van der Waals surface area (Å²) in [5.74, 6) is 0.558. The third-order valence-electron chi connectivity index (χ3n) is 3.62. The largest absolute Gasteiger partial charge is 0.507 e. The lowest BCUT2D eigenvalue weighted by Crippen LogP contribution is -2.19. The van der Waals surface area contributed by atoms with E-state index in [-0.39, 0.29) is 5.75 Å². The van der Waals surface area contributed by atoms with Crippen LogP contribution >= 0.6 is 0 Å². The fourth-order valence-electron chi connectivity index (χ4n) is 2.26. The van der Waals surface area contributed by atoms with E-state index in [0.717, 1.165) is 30.6 Å². The first kappa shape index (κ1) is 17.8. The van der Waals surface area contributed by atoms with E-state index in [9.17, 15) is 10.2 Å². The van der Waals surface area contributed by atoms with Crippen molar-refractivity contribution in [2.75, 3.05) is 19.6 Å². The van der Waals surface area contributed by atoms with Crippen molar-refractivity contribution in [2.24, 2.45) is 4.99 Å². The predicted molar refractivity (Wildman–Crippen MR) is 99.8 cm³/mol. The Morgan fingerprint density at radius 1 is 0.958 bits per heavy atom. The molecule has 0 saturated carbocycles. The number of nitrogens with one attached hydrogen (secondary N) is 1. The zero-order valence-corrected chi connectivity index (χ0v) is 13.9. The molecule has 24 heavy (non-hydrogen) atoms. The minimum absolute atomic E-state index is 0.249.